The van der Waals surface area contributed by atoms with Gasteiger partial charge in [-0.3, -0.25) is 9.35 Å². The van der Waals surface area contributed by atoms with Gasteiger partial charge >= 0.3 is 0 Å². The first kappa shape index (κ1) is 40.3. The molecule has 0 aliphatic carbocycles. The molecule has 1 amide bonds. The number of carbonyl (C=O) groups is 1. The van der Waals surface area contributed by atoms with Crippen molar-refractivity contribution >= 4 is 16.0 Å². The Morgan fingerprint density at radius 1 is 0.561 bits per heavy atom. The summed E-state index contributed by atoms with van der Waals surface area (Å²) < 4.78 is 32.3. The van der Waals surface area contributed by atoms with Gasteiger partial charge in [-0.15, -0.1) is 0 Å². The van der Waals surface area contributed by atoms with Crippen LogP contribution >= 0.6 is 0 Å². The average molecular weight is 606 g/mol. The minimum Gasteiger partial charge on any atom is -0.391 e. The topological polar surface area (TPSA) is 124 Å². The number of aliphatic hydroxyl groups excluding tert-OH is 2. The second-order valence-corrected chi connectivity index (χ2v) is 13.8. The lowest BCUT2D eigenvalue weighted by atomic mass is 10.0. The van der Waals surface area contributed by atoms with Crippen LogP contribution in [0, 0.1) is 0 Å². The Morgan fingerprint density at radius 2 is 0.878 bits per heavy atom. The van der Waals surface area contributed by atoms with Gasteiger partial charge in [0, 0.05) is 0 Å². The molecule has 0 radical (unpaired) electrons. The SMILES string of the molecule is CCCCCCCCCCCCCCCCC(O)C(CS(=O)(=O)O)NC(=O)C(O)CCCCCCCCCCCC. The highest BCUT2D eigenvalue weighted by Crippen LogP contribution is 2.16. The van der Waals surface area contributed by atoms with Crippen LogP contribution in [0.15, 0.2) is 0 Å². The third-order valence-corrected chi connectivity index (χ3v) is 8.95. The minimum absolute atomic E-state index is 0.302. The number of unbranched alkanes of at least 4 members (excludes halogenated alkanes) is 22. The summed E-state index contributed by atoms with van der Waals surface area (Å²) in [6.07, 6.45) is 26.9. The molecule has 0 saturated heterocycles. The van der Waals surface area contributed by atoms with Crippen LogP contribution in [-0.2, 0) is 14.9 Å². The van der Waals surface area contributed by atoms with Gasteiger partial charge < -0.3 is 15.5 Å². The molecule has 0 heterocycles. The molecule has 8 heteroatoms. The molecule has 0 fully saturated rings. The van der Waals surface area contributed by atoms with Crippen molar-refractivity contribution < 1.29 is 28.0 Å². The second-order valence-electron chi connectivity index (χ2n) is 12.3. The number of rotatable bonds is 31. The Balaban J connectivity index is 4.07. The molecule has 0 aromatic heterocycles. The van der Waals surface area contributed by atoms with Crippen molar-refractivity contribution in [3.8, 4) is 0 Å². The Morgan fingerprint density at radius 3 is 1.22 bits per heavy atom. The zero-order valence-corrected chi connectivity index (χ0v) is 27.6. The monoisotopic (exact) mass is 605 g/mol. The van der Waals surface area contributed by atoms with Crippen molar-refractivity contribution in [3.63, 3.8) is 0 Å². The van der Waals surface area contributed by atoms with Crippen LogP contribution in [0.4, 0.5) is 0 Å². The zero-order chi connectivity index (χ0) is 30.6. The van der Waals surface area contributed by atoms with Gasteiger partial charge in [0.1, 0.15) is 6.10 Å². The van der Waals surface area contributed by atoms with Gasteiger partial charge in [-0.2, -0.15) is 8.42 Å². The van der Waals surface area contributed by atoms with E-state index in [2.05, 4.69) is 19.2 Å². The molecule has 3 atom stereocenters. The highest BCUT2D eigenvalue weighted by atomic mass is 32.2. The fourth-order valence-corrected chi connectivity index (χ4v) is 6.22. The number of carbonyl (C=O) groups excluding carboxylic acids is 1. The van der Waals surface area contributed by atoms with E-state index in [-0.39, 0.29) is 0 Å². The highest BCUT2D eigenvalue weighted by Gasteiger charge is 2.28. The largest absolute Gasteiger partial charge is 0.391 e. The predicted octanol–water partition coefficient (Wildman–Crippen LogP) is 8.26. The molecule has 0 saturated carbocycles. The smallest absolute Gasteiger partial charge is 0.266 e. The molecular formula is C33H67NO6S. The molecule has 3 unspecified atom stereocenters. The number of hydrogen-bond donors (Lipinski definition) is 4. The molecule has 4 N–H and O–H groups in total. The molecule has 0 rings (SSSR count). The molecule has 7 nitrogen and oxygen atoms in total. The first-order valence-corrected chi connectivity index (χ1v) is 18.9. The van der Waals surface area contributed by atoms with E-state index in [1.54, 1.807) is 0 Å². The van der Waals surface area contributed by atoms with Crippen molar-refractivity contribution in [1.29, 1.82) is 0 Å². The zero-order valence-electron chi connectivity index (χ0n) is 26.8. The summed E-state index contributed by atoms with van der Waals surface area (Å²) in [5, 5.41) is 23.3. The predicted molar refractivity (Wildman–Crippen MR) is 172 cm³/mol. The summed E-state index contributed by atoms with van der Waals surface area (Å²) in [6, 6.07) is -1.14. The first-order chi connectivity index (χ1) is 19.7. The first-order valence-electron chi connectivity index (χ1n) is 17.3. The molecule has 0 aliphatic rings. The van der Waals surface area contributed by atoms with E-state index >= 15 is 0 Å². The van der Waals surface area contributed by atoms with Crippen LogP contribution in [0.25, 0.3) is 0 Å². The van der Waals surface area contributed by atoms with Crippen LogP contribution < -0.4 is 5.32 Å². The van der Waals surface area contributed by atoms with E-state index in [4.69, 9.17) is 0 Å². The summed E-state index contributed by atoms with van der Waals surface area (Å²) in [5.74, 6) is -1.45. The molecule has 246 valence electrons. The summed E-state index contributed by atoms with van der Waals surface area (Å²) in [4.78, 5) is 12.5. The number of hydrogen-bond acceptors (Lipinski definition) is 5. The van der Waals surface area contributed by atoms with E-state index in [1.165, 1.54) is 103 Å². The van der Waals surface area contributed by atoms with Crippen LogP contribution in [0.2, 0.25) is 0 Å². The molecular weight excluding hydrogens is 538 g/mol. The number of amides is 1. The fraction of sp³-hybridized carbons (Fsp3) is 0.970. The van der Waals surface area contributed by atoms with Gasteiger partial charge in [-0.1, -0.05) is 168 Å². The Kier molecular flexibility index (Phi) is 27.6. The highest BCUT2D eigenvalue weighted by molar-refractivity contribution is 7.85. The van der Waals surface area contributed by atoms with Crippen molar-refractivity contribution in [3.05, 3.63) is 0 Å². The quantitative estimate of drug-likeness (QED) is 0.0466. The lowest BCUT2D eigenvalue weighted by molar-refractivity contribution is -0.131. The van der Waals surface area contributed by atoms with Gasteiger partial charge in [-0.05, 0) is 12.8 Å². The van der Waals surface area contributed by atoms with E-state index in [0.717, 1.165) is 51.4 Å². The van der Waals surface area contributed by atoms with Crippen LogP contribution in [0.5, 0.6) is 0 Å². The van der Waals surface area contributed by atoms with E-state index in [9.17, 15) is 28.0 Å². The summed E-state index contributed by atoms with van der Waals surface area (Å²) in [7, 11) is -4.39. The Hall–Kier alpha value is -0.700. The molecule has 0 aliphatic heterocycles. The van der Waals surface area contributed by atoms with Gasteiger partial charge in [0.15, 0.2) is 0 Å². The lowest BCUT2D eigenvalue weighted by Crippen LogP contribution is -2.50. The Bertz CT molecular complexity index is 687. The van der Waals surface area contributed by atoms with Crippen molar-refractivity contribution in [1.82, 2.24) is 5.32 Å². The van der Waals surface area contributed by atoms with Crippen LogP contribution in [0.3, 0.4) is 0 Å². The summed E-state index contributed by atoms with van der Waals surface area (Å²) >= 11 is 0. The van der Waals surface area contributed by atoms with E-state index in [1.807, 2.05) is 0 Å². The molecule has 0 aromatic rings. The molecule has 0 aromatic carbocycles. The maximum Gasteiger partial charge on any atom is 0.266 e. The normalized spacial score (nSPS) is 14.2. The van der Waals surface area contributed by atoms with Gasteiger partial charge in [-0.25, -0.2) is 0 Å². The fourth-order valence-electron chi connectivity index (χ4n) is 5.46. The third-order valence-electron chi connectivity index (χ3n) is 8.17. The average Bonchev–Trinajstić information content (AvgIpc) is 2.92. The summed E-state index contributed by atoms with van der Waals surface area (Å²) in [6.45, 7) is 4.46. The molecule has 41 heavy (non-hydrogen) atoms. The maximum absolute atomic E-state index is 12.5. The number of nitrogens with one attached hydrogen (secondary N) is 1. The lowest BCUT2D eigenvalue weighted by Gasteiger charge is -2.24. The van der Waals surface area contributed by atoms with Crippen molar-refractivity contribution in [2.24, 2.45) is 0 Å². The minimum atomic E-state index is -4.39. The standard InChI is InChI=1S/C33H67NO6S/c1-3-5-7-9-11-13-15-16-17-18-20-21-23-25-27-31(35)30(29-41(38,39)40)34-33(37)32(36)28-26-24-22-19-14-12-10-8-6-4-2/h30-32,35-36H,3-29H2,1-2H3,(H,34,37)(H,38,39,40). The van der Waals surface area contributed by atoms with Crippen LogP contribution in [-0.4, -0.2) is 53.1 Å². The van der Waals surface area contributed by atoms with Gasteiger partial charge in [0.2, 0.25) is 5.91 Å². The third kappa shape index (κ3) is 27.9. The van der Waals surface area contributed by atoms with Gasteiger partial charge in [0.05, 0.1) is 17.9 Å². The number of aliphatic hydroxyl groups is 2. The van der Waals surface area contributed by atoms with Crippen molar-refractivity contribution in [2.45, 2.75) is 199 Å². The molecule has 0 bridgehead atoms. The van der Waals surface area contributed by atoms with E-state index in [0.29, 0.717) is 12.8 Å². The Labute approximate surface area is 253 Å². The maximum atomic E-state index is 12.5. The molecule has 0 spiro atoms. The van der Waals surface area contributed by atoms with Gasteiger partial charge in [0.25, 0.3) is 10.1 Å². The van der Waals surface area contributed by atoms with Crippen molar-refractivity contribution in [2.75, 3.05) is 5.75 Å². The van der Waals surface area contributed by atoms with E-state index < -0.39 is 40.0 Å². The second kappa shape index (κ2) is 28.1. The summed E-state index contributed by atoms with van der Waals surface area (Å²) in [5.41, 5.74) is 0. The van der Waals surface area contributed by atoms with Crippen LogP contribution in [0.1, 0.15) is 181 Å².